The molecule has 1 unspecified atom stereocenters. The lowest BCUT2D eigenvalue weighted by molar-refractivity contribution is -0.274. The summed E-state index contributed by atoms with van der Waals surface area (Å²) in [5.74, 6) is -0.942. The van der Waals surface area contributed by atoms with Crippen LogP contribution >= 0.6 is 0 Å². The van der Waals surface area contributed by atoms with Crippen LogP contribution in [0.2, 0.25) is 0 Å². The van der Waals surface area contributed by atoms with Gasteiger partial charge in [-0.1, -0.05) is 12.1 Å². The van der Waals surface area contributed by atoms with E-state index in [4.69, 9.17) is 0 Å². The van der Waals surface area contributed by atoms with Crippen molar-refractivity contribution in [2.24, 2.45) is 5.41 Å². The highest BCUT2D eigenvalue weighted by molar-refractivity contribution is 5.97. The van der Waals surface area contributed by atoms with Gasteiger partial charge in [-0.15, -0.1) is 13.2 Å². The lowest BCUT2D eigenvalue weighted by Gasteiger charge is -2.51. The summed E-state index contributed by atoms with van der Waals surface area (Å²) in [5, 5.41) is 9.89. The largest absolute Gasteiger partial charge is 0.573 e. The molecule has 126 valence electrons. The number of benzene rings is 1. The van der Waals surface area contributed by atoms with Crippen LogP contribution in [0.25, 0.3) is 0 Å². The Morgan fingerprint density at radius 1 is 1.22 bits per heavy atom. The Bertz CT molecular complexity index is 594. The van der Waals surface area contributed by atoms with Crippen LogP contribution in [-0.4, -0.2) is 41.5 Å². The summed E-state index contributed by atoms with van der Waals surface area (Å²) in [6.45, 7) is 0.881. The highest BCUT2D eigenvalue weighted by Gasteiger charge is 2.48. The maximum atomic E-state index is 12.5. The number of hydrogen-bond donors (Lipinski definition) is 1. The molecule has 2 fully saturated rings. The molecule has 1 atom stereocenters. The molecule has 1 amide bonds. The Morgan fingerprint density at radius 2 is 1.87 bits per heavy atom. The zero-order valence-corrected chi connectivity index (χ0v) is 12.5. The number of piperidine rings is 1. The third-order valence-electron chi connectivity index (χ3n) is 5.01. The van der Waals surface area contributed by atoms with Crippen molar-refractivity contribution in [2.75, 3.05) is 13.1 Å². The lowest BCUT2D eigenvalue weighted by Crippen LogP contribution is -2.53. The van der Waals surface area contributed by atoms with Crippen molar-refractivity contribution in [3.05, 3.63) is 29.8 Å². The standard InChI is InChI=1S/C16H18F3NO3/c17-16(18,19)23-12-4-2-1-3-11(12)14(22)20-9-7-15(8-10-20)6-5-13(15)21/h1-4,13,21H,5-10H2. The van der Waals surface area contributed by atoms with E-state index < -0.39 is 18.0 Å². The minimum absolute atomic E-state index is 0.0880. The second kappa shape index (κ2) is 5.70. The van der Waals surface area contributed by atoms with Crippen LogP contribution in [0.4, 0.5) is 13.2 Å². The van der Waals surface area contributed by atoms with Crippen LogP contribution in [0.3, 0.4) is 0 Å². The van der Waals surface area contributed by atoms with Crippen molar-refractivity contribution in [3.8, 4) is 5.75 Å². The van der Waals surface area contributed by atoms with E-state index in [0.29, 0.717) is 25.9 Å². The molecule has 1 saturated heterocycles. The average Bonchev–Trinajstić information content (AvgIpc) is 2.52. The van der Waals surface area contributed by atoms with Crippen LogP contribution in [0.15, 0.2) is 24.3 Å². The minimum Gasteiger partial charge on any atom is -0.405 e. The van der Waals surface area contributed by atoms with Crippen molar-refractivity contribution in [3.63, 3.8) is 0 Å². The molecule has 0 bridgehead atoms. The summed E-state index contributed by atoms with van der Waals surface area (Å²) < 4.78 is 41.3. The van der Waals surface area contributed by atoms with E-state index in [9.17, 15) is 23.1 Å². The lowest BCUT2D eigenvalue weighted by atomic mass is 9.61. The first-order chi connectivity index (χ1) is 10.8. The van der Waals surface area contributed by atoms with Gasteiger partial charge in [0.2, 0.25) is 0 Å². The molecule has 1 aliphatic carbocycles. The summed E-state index contributed by atoms with van der Waals surface area (Å²) in [7, 11) is 0. The smallest absolute Gasteiger partial charge is 0.405 e. The molecule has 23 heavy (non-hydrogen) atoms. The predicted molar refractivity (Wildman–Crippen MR) is 75.9 cm³/mol. The molecule has 1 heterocycles. The molecule has 3 rings (SSSR count). The Labute approximate surface area is 131 Å². The number of hydrogen-bond acceptors (Lipinski definition) is 3. The predicted octanol–water partition coefficient (Wildman–Crippen LogP) is 2.96. The van der Waals surface area contributed by atoms with Crippen molar-refractivity contribution in [1.29, 1.82) is 0 Å². The first-order valence-corrected chi connectivity index (χ1v) is 7.63. The molecule has 1 saturated carbocycles. The fourth-order valence-corrected chi connectivity index (χ4v) is 3.45. The second-order valence-electron chi connectivity index (χ2n) is 6.25. The molecule has 0 radical (unpaired) electrons. The zero-order chi connectivity index (χ0) is 16.7. The van der Waals surface area contributed by atoms with Crippen molar-refractivity contribution in [2.45, 2.75) is 38.1 Å². The van der Waals surface area contributed by atoms with E-state index in [1.807, 2.05) is 0 Å². The molecular weight excluding hydrogens is 311 g/mol. The van der Waals surface area contributed by atoms with Crippen molar-refractivity contribution < 1.29 is 27.8 Å². The molecule has 1 aromatic rings. The SMILES string of the molecule is O=C(c1ccccc1OC(F)(F)F)N1CCC2(CCC2O)CC1. The van der Waals surface area contributed by atoms with E-state index in [2.05, 4.69) is 4.74 Å². The molecule has 4 nitrogen and oxygen atoms in total. The summed E-state index contributed by atoms with van der Waals surface area (Å²) in [6, 6.07) is 5.39. The number of para-hydroxylation sites is 1. The number of carbonyl (C=O) groups excluding carboxylic acids is 1. The number of aliphatic hydroxyl groups excluding tert-OH is 1. The first kappa shape index (κ1) is 16.1. The van der Waals surface area contributed by atoms with Gasteiger partial charge in [-0.25, -0.2) is 0 Å². The molecule has 1 N–H and O–H groups in total. The summed E-state index contributed by atoms with van der Waals surface area (Å²) in [5.41, 5.74) is -0.186. The van der Waals surface area contributed by atoms with Gasteiger partial charge in [0.1, 0.15) is 5.75 Å². The summed E-state index contributed by atoms with van der Waals surface area (Å²) in [6.07, 6.45) is -2.05. The number of ether oxygens (including phenoxy) is 1. The van der Waals surface area contributed by atoms with Crippen molar-refractivity contribution in [1.82, 2.24) is 4.90 Å². The average molecular weight is 329 g/mol. The van der Waals surface area contributed by atoms with Crippen LogP contribution in [0, 0.1) is 5.41 Å². The number of halogens is 3. The zero-order valence-electron chi connectivity index (χ0n) is 12.5. The molecule has 7 heteroatoms. The molecule has 1 spiro atoms. The Kier molecular flexibility index (Phi) is 4.00. The number of amides is 1. The first-order valence-electron chi connectivity index (χ1n) is 7.63. The number of likely N-dealkylation sites (tertiary alicyclic amines) is 1. The van der Waals surface area contributed by atoms with Gasteiger partial charge in [-0.2, -0.15) is 0 Å². The van der Waals surface area contributed by atoms with Gasteiger partial charge in [0.25, 0.3) is 5.91 Å². The van der Waals surface area contributed by atoms with Crippen molar-refractivity contribution >= 4 is 5.91 Å². The van der Waals surface area contributed by atoms with Crippen LogP contribution < -0.4 is 4.74 Å². The third-order valence-corrected chi connectivity index (χ3v) is 5.01. The van der Waals surface area contributed by atoms with E-state index in [1.54, 1.807) is 0 Å². The number of rotatable bonds is 2. The Morgan fingerprint density at radius 3 is 2.39 bits per heavy atom. The minimum atomic E-state index is -4.83. The van der Waals surface area contributed by atoms with Gasteiger partial charge in [0.05, 0.1) is 11.7 Å². The third kappa shape index (κ3) is 3.15. The van der Waals surface area contributed by atoms with Crippen LogP contribution in [0.5, 0.6) is 5.75 Å². The number of alkyl halides is 3. The number of carbonyl (C=O) groups is 1. The Balaban J connectivity index is 1.72. The molecular formula is C16H18F3NO3. The quantitative estimate of drug-likeness (QED) is 0.907. The van der Waals surface area contributed by atoms with Gasteiger partial charge in [-0.05, 0) is 43.2 Å². The second-order valence-corrected chi connectivity index (χ2v) is 6.25. The van der Waals surface area contributed by atoms with E-state index in [0.717, 1.165) is 18.9 Å². The van der Waals surface area contributed by atoms with Crippen LogP contribution in [-0.2, 0) is 0 Å². The van der Waals surface area contributed by atoms with Crippen LogP contribution in [0.1, 0.15) is 36.0 Å². The topological polar surface area (TPSA) is 49.8 Å². The van der Waals surface area contributed by atoms with Gasteiger partial charge < -0.3 is 14.7 Å². The fourth-order valence-electron chi connectivity index (χ4n) is 3.45. The number of aliphatic hydroxyl groups is 1. The van der Waals surface area contributed by atoms with Gasteiger partial charge in [0.15, 0.2) is 0 Å². The molecule has 1 aliphatic heterocycles. The highest BCUT2D eigenvalue weighted by Crippen LogP contribution is 2.49. The van der Waals surface area contributed by atoms with Gasteiger partial charge >= 0.3 is 6.36 Å². The van der Waals surface area contributed by atoms with E-state index in [-0.39, 0.29) is 17.1 Å². The normalized spacial score (nSPS) is 23.5. The maximum Gasteiger partial charge on any atom is 0.573 e. The van der Waals surface area contributed by atoms with E-state index >= 15 is 0 Å². The van der Waals surface area contributed by atoms with Gasteiger partial charge in [-0.3, -0.25) is 4.79 Å². The fraction of sp³-hybridized carbons (Fsp3) is 0.562. The summed E-state index contributed by atoms with van der Waals surface area (Å²) in [4.78, 5) is 14.1. The van der Waals surface area contributed by atoms with E-state index in [1.165, 1.54) is 23.1 Å². The monoisotopic (exact) mass is 329 g/mol. The maximum absolute atomic E-state index is 12.5. The summed E-state index contributed by atoms with van der Waals surface area (Å²) >= 11 is 0. The Hall–Kier alpha value is -1.76. The van der Waals surface area contributed by atoms with Gasteiger partial charge in [0, 0.05) is 13.1 Å². The number of nitrogens with zero attached hydrogens (tertiary/aromatic N) is 1. The molecule has 2 aliphatic rings. The highest BCUT2D eigenvalue weighted by atomic mass is 19.4. The molecule has 1 aromatic carbocycles. The molecule has 0 aromatic heterocycles.